The number of halogens is 4. The van der Waals surface area contributed by atoms with Gasteiger partial charge in [-0.05, 0) is 6.92 Å². The fourth-order valence-electron chi connectivity index (χ4n) is 1.05. The fourth-order valence-corrected chi connectivity index (χ4v) is 1.23. The summed E-state index contributed by atoms with van der Waals surface area (Å²) in [5.74, 6) is -1.62. The van der Waals surface area contributed by atoms with Crippen molar-refractivity contribution in [3.8, 4) is 0 Å². The van der Waals surface area contributed by atoms with Gasteiger partial charge in [0.25, 0.3) is 0 Å². The number of nitrogens with one attached hydrogen (secondary N) is 1. The SMILES string of the molecule is CC(CO)(CO)Nc1cc(Cl)nc(C(F)(F)F)n1. The molecular formula is C9H11ClF3N3O2. The van der Waals surface area contributed by atoms with E-state index in [2.05, 4.69) is 15.3 Å². The lowest BCUT2D eigenvalue weighted by Gasteiger charge is -2.27. The molecule has 0 saturated heterocycles. The summed E-state index contributed by atoms with van der Waals surface area (Å²) in [6.07, 6.45) is -4.73. The Labute approximate surface area is 106 Å². The van der Waals surface area contributed by atoms with Gasteiger partial charge < -0.3 is 15.5 Å². The number of rotatable bonds is 4. The average molecular weight is 286 g/mol. The second-order valence-corrected chi connectivity index (χ2v) is 4.29. The van der Waals surface area contributed by atoms with E-state index in [1.165, 1.54) is 6.92 Å². The summed E-state index contributed by atoms with van der Waals surface area (Å²) in [6, 6.07) is 1.07. The predicted molar refractivity (Wildman–Crippen MR) is 58.2 cm³/mol. The summed E-state index contributed by atoms with van der Waals surface area (Å²) < 4.78 is 37.3. The lowest BCUT2D eigenvalue weighted by atomic mass is 10.1. The zero-order chi connectivity index (χ0) is 14.0. The van der Waals surface area contributed by atoms with Crippen LogP contribution in [-0.4, -0.2) is 38.9 Å². The fraction of sp³-hybridized carbons (Fsp3) is 0.556. The van der Waals surface area contributed by atoms with Crippen LogP contribution < -0.4 is 5.32 Å². The minimum atomic E-state index is -4.73. The molecule has 0 spiro atoms. The van der Waals surface area contributed by atoms with E-state index in [-0.39, 0.29) is 5.82 Å². The predicted octanol–water partition coefficient (Wildman–Crippen LogP) is 1.30. The van der Waals surface area contributed by atoms with Gasteiger partial charge in [-0.1, -0.05) is 11.6 Å². The third-order valence-electron chi connectivity index (χ3n) is 2.08. The second-order valence-electron chi connectivity index (χ2n) is 3.90. The molecule has 0 aliphatic heterocycles. The molecule has 102 valence electrons. The smallest absolute Gasteiger partial charge is 0.394 e. The number of aliphatic hydroxyl groups is 2. The number of alkyl halides is 3. The highest BCUT2D eigenvalue weighted by Crippen LogP contribution is 2.28. The van der Waals surface area contributed by atoms with Gasteiger partial charge in [0.15, 0.2) is 0 Å². The molecule has 9 heteroatoms. The molecular weight excluding hydrogens is 275 g/mol. The van der Waals surface area contributed by atoms with Gasteiger partial charge in [0, 0.05) is 6.07 Å². The van der Waals surface area contributed by atoms with Gasteiger partial charge in [-0.3, -0.25) is 0 Å². The van der Waals surface area contributed by atoms with E-state index in [4.69, 9.17) is 21.8 Å². The molecule has 5 nitrogen and oxygen atoms in total. The summed E-state index contributed by atoms with van der Waals surface area (Å²) in [5, 5.41) is 20.1. The minimum Gasteiger partial charge on any atom is -0.394 e. The van der Waals surface area contributed by atoms with Crippen molar-refractivity contribution < 1.29 is 23.4 Å². The van der Waals surface area contributed by atoms with Gasteiger partial charge in [0.2, 0.25) is 5.82 Å². The second kappa shape index (κ2) is 5.25. The van der Waals surface area contributed by atoms with Gasteiger partial charge in [-0.15, -0.1) is 0 Å². The van der Waals surface area contributed by atoms with E-state index in [0.29, 0.717) is 0 Å². The molecule has 0 atom stereocenters. The Kier molecular flexibility index (Phi) is 4.36. The molecule has 1 aromatic heterocycles. The van der Waals surface area contributed by atoms with Gasteiger partial charge in [0.1, 0.15) is 11.0 Å². The maximum atomic E-state index is 12.4. The first-order valence-corrected chi connectivity index (χ1v) is 5.20. The Bertz CT molecular complexity index is 424. The number of anilines is 1. The van der Waals surface area contributed by atoms with Crippen LogP contribution in [0.15, 0.2) is 6.07 Å². The van der Waals surface area contributed by atoms with Crippen molar-refractivity contribution in [2.45, 2.75) is 18.6 Å². The van der Waals surface area contributed by atoms with Crippen LogP contribution in [-0.2, 0) is 6.18 Å². The van der Waals surface area contributed by atoms with E-state index < -0.39 is 35.9 Å². The zero-order valence-corrected chi connectivity index (χ0v) is 10.0. The first kappa shape index (κ1) is 14.9. The molecule has 0 radical (unpaired) electrons. The molecule has 0 unspecified atom stereocenters. The molecule has 1 rings (SSSR count). The quantitative estimate of drug-likeness (QED) is 0.727. The molecule has 0 aliphatic rings. The number of aliphatic hydroxyl groups excluding tert-OH is 2. The normalized spacial score (nSPS) is 12.6. The molecule has 18 heavy (non-hydrogen) atoms. The van der Waals surface area contributed by atoms with Crippen LogP contribution in [0.2, 0.25) is 5.15 Å². The van der Waals surface area contributed by atoms with E-state index in [1.807, 2.05) is 0 Å². The summed E-state index contributed by atoms with van der Waals surface area (Å²) in [4.78, 5) is 6.28. The van der Waals surface area contributed by atoms with Crippen molar-refractivity contribution >= 4 is 17.4 Å². The van der Waals surface area contributed by atoms with Crippen molar-refractivity contribution in [1.29, 1.82) is 0 Å². The first-order chi connectivity index (χ1) is 8.20. The lowest BCUT2D eigenvalue weighted by molar-refractivity contribution is -0.144. The summed E-state index contributed by atoms with van der Waals surface area (Å²) >= 11 is 5.46. The molecule has 1 aromatic rings. The standard InChI is InChI=1S/C9H11ClF3N3O2/c1-8(3-17,4-18)16-6-2-5(10)14-7(15-6)9(11,12)13/h2,17-18H,3-4H2,1H3,(H,14,15,16). The van der Waals surface area contributed by atoms with Crippen LogP contribution in [0.5, 0.6) is 0 Å². The van der Waals surface area contributed by atoms with Gasteiger partial charge in [-0.25, -0.2) is 9.97 Å². The largest absolute Gasteiger partial charge is 0.451 e. The summed E-state index contributed by atoms with van der Waals surface area (Å²) in [5.41, 5.74) is -1.21. The average Bonchev–Trinajstić information content (AvgIpc) is 2.27. The van der Waals surface area contributed by atoms with Crippen LogP contribution in [0.4, 0.5) is 19.0 Å². The third kappa shape index (κ3) is 3.69. The van der Waals surface area contributed by atoms with Crippen molar-refractivity contribution in [3.05, 3.63) is 17.0 Å². The molecule has 0 saturated carbocycles. The minimum absolute atomic E-state index is 0.229. The Morgan fingerprint density at radius 3 is 2.28 bits per heavy atom. The zero-order valence-electron chi connectivity index (χ0n) is 9.29. The lowest BCUT2D eigenvalue weighted by Crippen LogP contribution is -2.43. The van der Waals surface area contributed by atoms with Crippen molar-refractivity contribution in [3.63, 3.8) is 0 Å². The highest BCUT2D eigenvalue weighted by atomic mass is 35.5. The van der Waals surface area contributed by atoms with Crippen molar-refractivity contribution in [1.82, 2.24) is 9.97 Å². The van der Waals surface area contributed by atoms with E-state index >= 15 is 0 Å². The molecule has 0 aromatic carbocycles. The van der Waals surface area contributed by atoms with Crippen LogP contribution >= 0.6 is 11.6 Å². The first-order valence-electron chi connectivity index (χ1n) is 4.82. The molecule has 0 aliphatic carbocycles. The third-order valence-corrected chi connectivity index (χ3v) is 2.27. The highest BCUT2D eigenvalue weighted by molar-refractivity contribution is 6.29. The maximum absolute atomic E-state index is 12.4. The van der Waals surface area contributed by atoms with Crippen LogP contribution in [0, 0.1) is 0 Å². The van der Waals surface area contributed by atoms with E-state index in [1.54, 1.807) is 0 Å². The maximum Gasteiger partial charge on any atom is 0.451 e. The Hall–Kier alpha value is -1.12. The van der Waals surface area contributed by atoms with E-state index in [9.17, 15) is 13.2 Å². The van der Waals surface area contributed by atoms with Crippen LogP contribution in [0.1, 0.15) is 12.7 Å². The summed E-state index contributed by atoms with van der Waals surface area (Å²) in [7, 11) is 0. The molecule has 0 fully saturated rings. The topological polar surface area (TPSA) is 78.3 Å². The Morgan fingerprint density at radius 1 is 1.28 bits per heavy atom. The van der Waals surface area contributed by atoms with Crippen LogP contribution in [0.25, 0.3) is 0 Å². The molecule has 0 bridgehead atoms. The number of hydrogen-bond acceptors (Lipinski definition) is 5. The highest BCUT2D eigenvalue weighted by Gasteiger charge is 2.36. The Balaban J connectivity index is 3.08. The molecule has 3 N–H and O–H groups in total. The molecule has 1 heterocycles. The monoisotopic (exact) mass is 285 g/mol. The van der Waals surface area contributed by atoms with Crippen LogP contribution in [0.3, 0.4) is 0 Å². The van der Waals surface area contributed by atoms with E-state index in [0.717, 1.165) is 6.07 Å². The number of nitrogens with zero attached hydrogens (tertiary/aromatic N) is 2. The summed E-state index contributed by atoms with van der Waals surface area (Å²) in [6.45, 7) is 0.426. The molecule has 0 amide bonds. The van der Waals surface area contributed by atoms with Crippen molar-refractivity contribution in [2.24, 2.45) is 0 Å². The number of aromatic nitrogens is 2. The van der Waals surface area contributed by atoms with Gasteiger partial charge >= 0.3 is 6.18 Å². The van der Waals surface area contributed by atoms with Crippen molar-refractivity contribution in [2.75, 3.05) is 18.5 Å². The van der Waals surface area contributed by atoms with Gasteiger partial charge in [-0.2, -0.15) is 13.2 Å². The Morgan fingerprint density at radius 2 is 1.83 bits per heavy atom. The number of hydrogen-bond donors (Lipinski definition) is 3. The van der Waals surface area contributed by atoms with Gasteiger partial charge in [0.05, 0.1) is 18.8 Å².